The highest BCUT2D eigenvalue weighted by Gasteiger charge is 2.33. The summed E-state index contributed by atoms with van der Waals surface area (Å²) < 4.78 is 45.5. The van der Waals surface area contributed by atoms with Crippen LogP contribution in [0.3, 0.4) is 0 Å². The lowest BCUT2D eigenvalue weighted by molar-refractivity contribution is -0.139. The topological polar surface area (TPSA) is 114 Å². The van der Waals surface area contributed by atoms with E-state index in [9.17, 15) is 18.0 Å². The summed E-state index contributed by atoms with van der Waals surface area (Å²) in [6.45, 7) is 6.27. The first-order chi connectivity index (χ1) is 20.1. The van der Waals surface area contributed by atoms with E-state index in [4.69, 9.17) is 14.2 Å². The van der Waals surface area contributed by atoms with Gasteiger partial charge in [0.05, 0.1) is 17.7 Å². The van der Waals surface area contributed by atoms with Crippen molar-refractivity contribution in [2.75, 3.05) is 37.7 Å². The molecule has 3 aromatic rings. The normalized spacial score (nSPS) is 13.3. The number of rotatable bonds is 12. The van der Waals surface area contributed by atoms with Gasteiger partial charge in [-0.2, -0.15) is 0 Å². The lowest BCUT2D eigenvalue weighted by Gasteiger charge is -2.32. The number of carbonyl (C=O) groups excluding carboxylic acids is 2. The SMILES string of the molecule is COc1ccc(CN(C(=O)CN(c2ccc3c(c2)OCCO3)S(=O)(=O)c2ccccc2)[C@H](C)C(=O)NCC(C)C)cc1. The van der Waals surface area contributed by atoms with Gasteiger partial charge in [-0.1, -0.05) is 44.2 Å². The molecule has 42 heavy (non-hydrogen) atoms. The number of carbonyl (C=O) groups is 2. The second-order valence-corrected chi connectivity index (χ2v) is 12.2. The fourth-order valence-corrected chi connectivity index (χ4v) is 5.83. The molecule has 10 nitrogen and oxygen atoms in total. The van der Waals surface area contributed by atoms with Crippen molar-refractivity contribution in [3.8, 4) is 17.2 Å². The Labute approximate surface area is 247 Å². The summed E-state index contributed by atoms with van der Waals surface area (Å²) in [7, 11) is -2.63. The minimum absolute atomic E-state index is 0.0251. The number of hydrogen-bond acceptors (Lipinski definition) is 7. The van der Waals surface area contributed by atoms with Gasteiger partial charge in [0.2, 0.25) is 11.8 Å². The average Bonchev–Trinajstić information content (AvgIpc) is 3.01. The summed E-state index contributed by atoms with van der Waals surface area (Å²) >= 11 is 0. The molecule has 11 heteroatoms. The molecule has 1 aliphatic rings. The molecule has 0 aliphatic carbocycles. The number of fused-ring (bicyclic) bond motifs is 1. The van der Waals surface area contributed by atoms with Gasteiger partial charge >= 0.3 is 0 Å². The Hall–Kier alpha value is -4.25. The zero-order valence-electron chi connectivity index (χ0n) is 24.3. The summed E-state index contributed by atoms with van der Waals surface area (Å²) in [5.41, 5.74) is 0.988. The van der Waals surface area contributed by atoms with E-state index in [1.54, 1.807) is 74.7 Å². The number of methoxy groups -OCH3 is 1. The van der Waals surface area contributed by atoms with Gasteiger partial charge in [-0.05, 0) is 54.8 Å². The molecule has 1 atom stereocenters. The molecular weight excluding hydrogens is 558 g/mol. The van der Waals surface area contributed by atoms with E-state index in [-0.39, 0.29) is 29.0 Å². The fraction of sp³-hybridized carbons (Fsp3) is 0.355. The van der Waals surface area contributed by atoms with Crippen molar-refractivity contribution in [3.63, 3.8) is 0 Å². The molecule has 1 aliphatic heterocycles. The molecule has 0 bridgehead atoms. The monoisotopic (exact) mass is 595 g/mol. The van der Waals surface area contributed by atoms with Crippen molar-refractivity contribution in [3.05, 3.63) is 78.4 Å². The van der Waals surface area contributed by atoms with Crippen LogP contribution in [0.25, 0.3) is 0 Å². The van der Waals surface area contributed by atoms with Crippen LogP contribution in [0.5, 0.6) is 17.2 Å². The molecule has 0 aromatic heterocycles. The van der Waals surface area contributed by atoms with E-state index >= 15 is 0 Å². The maximum Gasteiger partial charge on any atom is 0.264 e. The molecule has 224 valence electrons. The van der Waals surface area contributed by atoms with Gasteiger partial charge in [0, 0.05) is 19.2 Å². The molecule has 1 N–H and O–H groups in total. The standard InChI is InChI=1S/C31H37N3O7S/c1-22(2)19-32-31(36)23(3)33(20-24-10-13-26(39-4)14-11-24)30(35)21-34(42(37,38)27-8-6-5-7-9-27)25-12-15-28-29(18-25)41-17-16-40-28/h5-15,18,22-23H,16-17,19-21H2,1-4H3,(H,32,36)/t23-/m1/s1. The highest BCUT2D eigenvalue weighted by Crippen LogP contribution is 2.36. The van der Waals surface area contributed by atoms with Crippen molar-refractivity contribution in [2.45, 2.75) is 38.3 Å². The van der Waals surface area contributed by atoms with E-state index in [1.165, 1.54) is 17.0 Å². The van der Waals surface area contributed by atoms with E-state index in [2.05, 4.69) is 5.32 Å². The van der Waals surface area contributed by atoms with Crippen molar-refractivity contribution in [1.29, 1.82) is 0 Å². The van der Waals surface area contributed by atoms with Crippen LogP contribution in [0.2, 0.25) is 0 Å². The molecule has 2 amide bonds. The number of anilines is 1. The molecule has 0 unspecified atom stereocenters. The first kappa shape index (κ1) is 30.7. The van der Waals surface area contributed by atoms with Crippen LogP contribution in [0.4, 0.5) is 5.69 Å². The average molecular weight is 596 g/mol. The molecular formula is C31H37N3O7S. The van der Waals surface area contributed by atoms with Gasteiger partial charge in [0.1, 0.15) is 31.5 Å². The Kier molecular flexibility index (Phi) is 9.95. The number of benzene rings is 3. The number of amides is 2. The van der Waals surface area contributed by atoms with Crippen molar-refractivity contribution in [2.24, 2.45) is 5.92 Å². The van der Waals surface area contributed by atoms with Crippen LogP contribution < -0.4 is 23.8 Å². The second kappa shape index (κ2) is 13.6. The number of hydrogen-bond donors (Lipinski definition) is 1. The van der Waals surface area contributed by atoms with Gasteiger partial charge in [-0.15, -0.1) is 0 Å². The van der Waals surface area contributed by atoms with Gasteiger partial charge in [-0.3, -0.25) is 13.9 Å². The highest BCUT2D eigenvalue weighted by molar-refractivity contribution is 7.92. The molecule has 0 radical (unpaired) electrons. The molecule has 4 rings (SSSR count). The number of ether oxygens (including phenoxy) is 3. The van der Waals surface area contributed by atoms with Crippen molar-refractivity contribution in [1.82, 2.24) is 10.2 Å². The predicted octanol–water partition coefficient (Wildman–Crippen LogP) is 3.85. The summed E-state index contributed by atoms with van der Waals surface area (Å²) in [6.07, 6.45) is 0. The van der Waals surface area contributed by atoms with Crippen LogP contribution in [0.15, 0.2) is 77.7 Å². The van der Waals surface area contributed by atoms with Crippen LogP contribution in [0.1, 0.15) is 26.3 Å². The number of sulfonamides is 1. The molecule has 0 spiro atoms. The van der Waals surface area contributed by atoms with E-state index < -0.39 is 28.5 Å². The Morgan fingerprint density at radius 1 is 0.929 bits per heavy atom. The third kappa shape index (κ3) is 7.33. The van der Waals surface area contributed by atoms with E-state index in [1.807, 2.05) is 13.8 Å². The van der Waals surface area contributed by atoms with Crippen LogP contribution in [-0.2, 0) is 26.2 Å². The summed E-state index contributed by atoms with van der Waals surface area (Å²) in [5.74, 6) is 0.863. The van der Waals surface area contributed by atoms with E-state index in [0.717, 1.165) is 9.87 Å². The summed E-state index contributed by atoms with van der Waals surface area (Å²) in [4.78, 5) is 28.6. The van der Waals surface area contributed by atoms with E-state index in [0.29, 0.717) is 37.0 Å². The predicted molar refractivity (Wildman–Crippen MR) is 159 cm³/mol. The molecule has 1 heterocycles. The lowest BCUT2D eigenvalue weighted by Crippen LogP contribution is -2.51. The van der Waals surface area contributed by atoms with Crippen LogP contribution in [-0.4, -0.2) is 64.6 Å². The van der Waals surface area contributed by atoms with Crippen molar-refractivity contribution >= 4 is 27.5 Å². The summed E-state index contributed by atoms with van der Waals surface area (Å²) in [6, 6.07) is 18.9. The minimum atomic E-state index is -4.19. The van der Waals surface area contributed by atoms with Gasteiger partial charge in [0.25, 0.3) is 10.0 Å². The summed E-state index contributed by atoms with van der Waals surface area (Å²) in [5, 5.41) is 2.88. The lowest BCUT2D eigenvalue weighted by atomic mass is 10.1. The smallest absolute Gasteiger partial charge is 0.264 e. The third-order valence-electron chi connectivity index (χ3n) is 6.79. The molecule has 0 saturated carbocycles. The van der Waals surface area contributed by atoms with Crippen molar-refractivity contribution < 1.29 is 32.2 Å². The first-order valence-corrected chi connectivity index (χ1v) is 15.2. The fourth-order valence-electron chi connectivity index (χ4n) is 4.40. The largest absolute Gasteiger partial charge is 0.497 e. The molecule has 0 saturated heterocycles. The number of nitrogens with one attached hydrogen (secondary N) is 1. The van der Waals surface area contributed by atoms with Gasteiger partial charge in [-0.25, -0.2) is 8.42 Å². The highest BCUT2D eigenvalue weighted by atomic mass is 32.2. The van der Waals surface area contributed by atoms with Crippen LogP contribution >= 0.6 is 0 Å². The Morgan fingerprint density at radius 3 is 2.24 bits per heavy atom. The zero-order valence-corrected chi connectivity index (χ0v) is 25.1. The maximum absolute atomic E-state index is 14.1. The number of nitrogens with zero attached hydrogens (tertiary/aromatic N) is 2. The van der Waals surface area contributed by atoms with Gasteiger partial charge < -0.3 is 24.4 Å². The minimum Gasteiger partial charge on any atom is -0.497 e. The molecule has 0 fully saturated rings. The first-order valence-electron chi connectivity index (χ1n) is 13.8. The van der Waals surface area contributed by atoms with Crippen LogP contribution in [0, 0.1) is 5.92 Å². The maximum atomic E-state index is 14.1. The Balaban J connectivity index is 1.71. The second-order valence-electron chi connectivity index (χ2n) is 10.3. The quantitative estimate of drug-likeness (QED) is 0.338. The Morgan fingerprint density at radius 2 is 1.60 bits per heavy atom. The third-order valence-corrected chi connectivity index (χ3v) is 8.58. The zero-order chi connectivity index (χ0) is 30.3. The molecule has 3 aromatic carbocycles. The Bertz CT molecular complexity index is 1480. The van der Waals surface area contributed by atoms with Gasteiger partial charge in [0.15, 0.2) is 11.5 Å².